The first-order valence-electron chi connectivity index (χ1n) is 6.21. The second kappa shape index (κ2) is 4.86. The summed E-state index contributed by atoms with van der Waals surface area (Å²) in [5, 5.41) is 3.39. The predicted molar refractivity (Wildman–Crippen MR) is 62.2 cm³/mol. The smallest absolute Gasteiger partial charge is 0.336 e. The largest absolute Gasteiger partial charge is 0.435 e. The number of aromatic nitrogens is 2. The van der Waals surface area contributed by atoms with Crippen LogP contribution in [0.3, 0.4) is 0 Å². The van der Waals surface area contributed by atoms with Crippen LogP contribution in [-0.2, 0) is 17.5 Å². The molecule has 0 spiro atoms. The lowest BCUT2D eigenvalue weighted by molar-refractivity contribution is -0.142. The van der Waals surface area contributed by atoms with Gasteiger partial charge in [-0.2, -0.15) is 18.3 Å². The number of hydrogen-bond acceptors (Lipinski definition) is 2. The number of carbonyl (C=O) groups is 1. The van der Waals surface area contributed by atoms with E-state index < -0.39 is 11.9 Å². The Bertz CT molecular complexity index is 461. The summed E-state index contributed by atoms with van der Waals surface area (Å²) < 4.78 is 38.2. The minimum atomic E-state index is -4.47. The van der Waals surface area contributed by atoms with E-state index in [1.165, 1.54) is 6.20 Å². The monoisotopic (exact) mass is 275 g/mol. The molecule has 1 amide bonds. The van der Waals surface area contributed by atoms with Crippen molar-refractivity contribution >= 4 is 5.91 Å². The fourth-order valence-corrected chi connectivity index (χ4v) is 2.09. The van der Waals surface area contributed by atoms with E-state index in [9.17, 15) is 18.0 Å². The molecule has 1 aliphatic rings. The molecule has 2 rings (SSSR count). The molecular weight excluding hydrogens is 259 g/mol. The van der Waals surface area contributed by atoms with Crippen molar-refractivity contribution in [3.63, 3.8) is 0 Å². The van der Waals surface area contributed by atoms with E-state index in [2.05, 4.69) is 5.10 Å². The third-order valence-corrected chi connectivity index (χ3v) is 3.01. The van der Waals surface area contributed by atoms with Gasteiger partial charge < -0.3 is 4.90 Å². The highest BCUT2D eigenvalue weighted by molar-refractivity contribution is 5.76. The molecule has 4 nitrogen and oxygen atoms in total. The minimum Gasteiger partial charge on any atom is -0.336 e. The molecule has 0 aromatic carbocycles. The summed E-state index contributed by atoms with van der Waals surface area (Å²) in [7, 11) is 0. The lowest BCUT2D eigenvalue weighted by atomic mass is 10.3. The van der Waals surface area contributed by atoms with Crippen LogP contribution in [0.4, 0.5) is 13.2 Å². The van der Waals surface area contributed by atoms with Crippen molar-refractivity contribution in [1.82, 2.24) is 14.7 Å². The molecule has 7 heteroatoms. The molecule has 1 fully saturated rings. The van der Waals surface area contributed by atoms with Crippen molar-refractivity contribution in [3.05, 3.63) is 18.0 Å². The zero-order chi connectivity index (χ0) is 14.2. The van der Waals surface area contributed by atoms with Crippen molar-refractivity contribution in [1.29, 1.82) is 0 Å². The summed E-state index contributed by atoms with van der Waals surface area (Å²) in [6.45, 7) is 3.66. The number of halogens is 3. The fraction of sp³-hybridized carbons (Fsp3) is 0.667. The van der Waals surface area contributed by atoms with Gasteiger partial charge in [0.05, 0.1) is 0 Å². The van der Waals surface area contributed by atoms with Gasteiger partial charge in [-0.25, -0.2) is 0 Å². The lowest BCUT2D eigenvalue weighted by Gasteiger charge is -2.26. The molecule has 0 bridgehead atoms. The molecule has 0 saturated heterocycles. The lowest BCUT2D eigenvalue weighted by Crippen LogP contribution is -2.40. The van der Waals surface area contributed by atoms with Crippen LogP contribution in [-0.4, -0.2) is 32.7 Å². The Morgan fingerprint density at radius 1 is 1.53 bits per heavy atom. The van der Waals surface area contributed by atoms with Crippen LogP contribution in [0.25, 0.3) is 0 Å². The molecule has 1 aliphatic carbocycles. The molecule has 0 N–H and O–H groups in total. The van der Waals surface area contributed by atoms with E-state index in [4.69, 9.17) is 0 Å². The average molecular weight is 275 g/mol. The zero-order valence-corrected chi connectivity index (χ0v) is 10.8. The summed E-state index contributed by atoms with van der Waals surface area (Å²) >= 11 is 0. The quantitative estimate of drug-likeness (QED) is 0.845. The third-order valence-electron chi connectivity index (χ3n) is 3.01. The Morgan fingerprint density at radius 3 is 2.58 bits per heavy atom. The van der Waals surface area contributed by atoms with Gasteiger partial charge in [0, 0.05) is 18.3 Å². The Hall–Kier alpha value is -1.53. The van der Waals surface area contributed by atoms with E-state index in [0.29, 0.717) is 0 Å². The Balaban J connectivity index is 2.04. The maximum Gasteiger partial charge on any atom is 0.435 e. The Kier molecular flexibility index (Phi) is 3.56. The third kappa shape index (κ3) is 3.27. The summed E-state index contributed by atoms with van der Waals surface area (Å²) in [4.78, 5) is 13.8. The second-order valence-electron chi connectivity index (χ2n) is 5.02. The van der Waals surface area contributed by atoms with Crippen LogP contribution in [0.5, 0.6) is 0 Å². The van der Waals surface area contributed by atoms with E-state index in [1.54, 1.807) is 4.90 Å². The molecule has 0 atom stereocenters. The van der Waals surface area contributed by atoms with E-state index >= 15 is 0 Å². The summed E-state index contributed by atoms with van der Waals surface area (Å²) in [5.41, 5.74) is -0.970. The standard InChI is InChI=1S/C12H16F3N3O/c1-8(2)18(9-3-4-9)11(19)7-17-6-5-10(16-17)12(13,14)15/h5-6,8-9H,3-4,7H2,1-2H3. The Labute approximate surface area is 109 Å². The molecule has 1 saturated carbocycles. The normalized spacial score (nSPS) is 15.9. The maximum atomic E-state index is 12.4. The van der Waals surface area contributed by atoms with Crippen molar-refractivity contribution in [3.8, 4) is 0 Å². The fourth-order valence-electron chi connectivity index (χ4n) is 2.09. The predicted octanol–water partition coefficient (Wildman–Crippen LogP) is 2.30. The molecular formula is C12H16F3N3O. The molecule has 106 valence electrons. The second-order valence-corrected chi connectivity index (χ2v) is 5.02. The molecule has 1 aromatic rings. The maximum absolute atomic E-state index is 12.4. The number of hydrogen-bond donors (Lipinski definition) is 0. The summed E-state index contributed by atoms with van der Waals surface area (Å²) in [6, 6.07) is 1.17. The molecule has 0 radical (unpaired) electrons. The first kappa shape index (κ1) is 13.9. The zero-order valence-electron chi connectivity index (χ0n) is 10.8. The minimum absolute atomic E-state index is 0.0534. The first-order chi connectivity index (χ1) is 8.79. The molecule has 19 heavy (non-hydrogen) atoms. The van der Waals surface area contributed by atoms with Crippen LogP contribution in [0, 0.1) is 0 Å². The van der Waals surface area contributed by atoms with E-state index in [1.807, 2.05) is 13.8 Å². The number of carbonyl (C=O) groups excluding carboxylic acids is 1. The van der Waals surface area contributed by atoms with Crippen molar-refractivity contribution in [2.75, 3.05) is 0 Å². The van der Waals surface area contributed by atoms with Crippen molar-refractivity contribution in [2.45, 2.75) is 51.5 Å². The van der Waals surface area contributed by atoms with Crippen molar-refractivity contribution < 1.29 is 18.0 Å². The van der Waals surface area contributed by atoms with Gasteiger partial charge >= 0.3 is 6.18 Å². The highest BCUT2D eigenvalue weighted by Crippen LogP contribution is 2.29. The molecule has 1 aromatic heterocycles. The number of rotatable bonds is 4. The number of alkyl halides is 3. The molecule has 1 heterocycles. The number of nitrogens with zero attached hydrogens (tertiary/aromatic N) is 3. The molecule has 0 aliphatic heterocycles. The first-order valence-corrected chi connectivity index (χ1v) is 6.21. The van der Waals surface area contributed by atoms with Crippen LogP contribution >= 0.6 is 0 Å². The highest BCUT2D eigenvalue weighted by atomic mass is 19.4. The van der Waals surface area contributed by atoms with Gasteiger partial charge in [-0.3, -0.25) is 9.48 Å². The van der Waals surface area contributed by atoms with Crippen molar-refractivity contribution in [2.24, 2.45) is 0 Å². The van der Waals surface area contributed by atoms with Gasteiger partial charge in [0.25, 0.3) is 0 Å². The van der Waals surface area contributed by atoms with Gasteiger partial charge in [0.2, 0.25) is 5.91 Å². The molecule has 0 unspecified atom stereocenters. The summed E-state index contributed by atoms with van der Waals surface area (Å²) in [6.07, 6.45) is -1.34. The van der Waals surface area contributed by atoms with Gasteiger partial charge in [0.15, 0.2) is 5.69 Å². The van der Waals surface area contributed by atoms with E-state index in [0.717, 1.165) is 23.6 Å². The van der Waals surface area contributed by atoms with Gasteiger partial charge in [-0.05, 0) is 32.8 Å². The van der Waals surface area contributed by atoms with Gasteiger partial charge in [-0.15, -0.1) is 0 Å². The van der Waals surface area contributed by atoms with Crippen LogP contribution in [0.15, 0.2) is 12.3 Å². The van der Waals surface area contributed by atoms with Crippen LogP contribution in [0.2, 0.25) is 0 Å². The average Bonchev–Trinajstić information content (AvgIpc) is 2.94. The Morgan fingerprint density at radius 2 is 2.16 bits per heavy atom. The van der Waals surface area contributed by atoms with Gasteiger partial charge in [-0.1, -0.05) is 0 Å². The SMILES string of the molecule is CC(C)N(C(=O)Cn1ccc(C(F)(F)F)n1)C1CC1. The highest BCUT2D eigenvalue weighted by Gasteiger charge is 2.36. The number of amides is 1. The van der Waals surface area contributed by atoms with E-state index in [-0.39, 0.29) is 24.5 Å². The van der Waals surface area contributed by atoms with Crippen LogP contribution < -0.4 is 0 Å². The van der Waals surface area contributed by atoms with Crippen LogP contribution in [0.1, 0.15) is 32.4 Å². The van der Waals surface area contributed by atoms with Gasteiger partial charge in [0.1, 0.15) is 6.54 Å². The summed E-state index contributed by atoms with van der Waals surface area (Å²) in [5.74, 6) is -0.186. The topological polar surface area (TPSA) is 38.1 Å².